The fraction of sp³-hybridized carbons (Fsp3) is 0.500. The number of rotatable bonds is 1. The van der Waals surface area contributed by atoms with Gasteiger partial charge in [-0.2, -0.15) is 0 Å². The van der Waals surface area contributed by atoms with Crippen molar-refractivity contribution in [3.05, 3.63) is 24.9 Å². The lowest BCUT2D eigenvalue weighted by Gasteiger charge is -2.25. The molecule has 1 saturated heterocycles. The molecule has 1 heteroatoms. The van der Waals surface area contributed by atoms with E-state index in [1.54, 1.807) is 0 Å². The average Bonchev–Trinajstić information content (AvgIpc) is 1.90. The molecule has 50 valence electrons. The predicted molar refractivity (Wildman–Crippen MR) is 40.1 cm³/mol. The molecule has 0 N–H and O–H groups in total. The van der Waals surface area contributed by atoms with E-state index >= 15 is 0 Å². The summed E-state index contributed by atoms with van der Waals surface area (Å²) in [6.07, 6.45) is 4.20. The van der Waals surface area contributed by atoms with E-state index in [1.165, 1.54) is 5.57 Å². The van der Waals surface area contributed by atoms with E-state index in [1.807, 2.05) is 6.20 Å². The van der Waals surface area contributed by atoms with Crippen molar-refractivity contribution in [3.63, 3.8) is 0 Å². The van der Waals surface area contributed by atoms with Crippen molar-refractivity contribution in [2.24, 2.45) is 0 Å². The molecule has 0 atom stereocenters. The molecule has 0 aromatic heterocycles. The minimum Gasteiger partial charge on any atom is -0.377 e. The van der Waals surface area contributed by atoms with Crippen LogP contribution in [0, 0.1) is 0 Å². The summed E-state index contributed by atoms with van der Waals surface area (Å²) in [6.45, 7) is 9.85. The Balaban J connectivity index is 2.34. The third-order valence-corrected chi connectivity index (χ3v) is 1.76. The first-order chi connectivity index (χ1) is 4.33. The zero-order valence-corrected chi connectivity index (χ0v) is 5.77. The molecular formula is C8H13N. The van der Waals surface area contributed by atoms with Gasteiger partial charge in [-0.25, -0.2) is 0 Å². The lowest BCUT2D eigenvalue weighted by atomic mass is 10.1. The Kier molecular flexibility index (Phi) is 1.93. The highest BCUT2D eigenvalue weighted by molar-refractivity contribution is 5.00. The maximum absolute atomic E-state index is 3.92. The van der Waals surface area contributed by atoms with Crippen LogP contribution in [0.15, 0.2) is 24.9 Å². The van der Waals surface area contributed by atoms with Crippen molar-refractivity contribution < 1.29 is 0 Å². The highest BCUT2D eigenvalue weighted by atomic mass is 15.1. The van der Waals surface area contributed by atoms with Crippen molar-refractivity contribution in [2.45, 2.75) is 12.8 Å². The highest BCUT2D eigenvalue weighted by Crippen LogP contribution is 2.12. The number of nitrogens with zero attached hydrogens (tertiary/aromatic N) is 1. The minimum atomic E-state index is 1.11. The van der Waals surface area contributed by atoms with E-state index in [0.717, 1.165) is 25.9 Å². The summed E-state index contributed by atoms with van der Waals surface area (Å²) in [5, 5.41) is 0. The third-order valence-electron chi connectivity index (χ3n) is 1.76. The Morgan fingerprint density at radius 1 is 1.33 bits per heavy atom. The van der Waals surface area contributed by atoms with Crippen LogP contribution in [0.25, 0.3) is 0 Å². The molecule has 0 unspecified atom stereocenters. The van der Waals surface area contributed by atoms with Crippen molar-refractivity contribution >= 4 is 0 Å². The molecule has 0 saturated carbocycles. The van der Waals surface area contributed by atoms with Crippen LogP contribution < -0.4 is 0 Å². The van der Waals surface area contributed by atoms with Gasteiger partial charge in [0.05, 0.1) is 0 Å². The molecule has 1 nitrogen and oxygen atoms in total. The second-order valence-corrected chi connectivity index (χ2v) is 2.47. The van der Waals surface area contributed by atoms with Gasteiger partial charge in [0.1, 0.15) is 0 Å². The molecule has 1 aliphatic heterocycles. The van der Waals surface area contributed by atoms with Crippen molar-refractivity contribution in [1.29, 1.82) is 0 Å². The molecule has 0 spiro atoms. The van der Waals surface area contributed by atoms with Crippen LogP contribution in [0.4, 0.5) is 0 Å². The monoisotopic (exact) mass is 123 g/mol. The molecule has 0 amide bonds. The van der Waals surface area contributed by atoms with Crippen LogP contribution in [-0.2, 0) is 0 Å². The Morgan fingerprint density at radius 3 is 2.33 bits per heavy atom. The van der Waals surface area contributed by atoms with E-state index in [4.69, 9.17) is 0 Å². The summed E-state index contributed by atoms with van der Waals surface area (Å²) in [4.78, 5) is 2.23. The number of hydrogen-bond acceptors (Lipinski definition) is 1. The van der Waals surface area contributed by atoms with Crippen LogP contribution in [0.3, 0.4) is 0 Å². The Bertz CT molecular complexity index is 117. The van der Waals surface area contributed by atoms with Gasteiger partial charge in [-0.3, -0.25) is 0 Å². The zero-order valence-electron chi connectivity index (χ0n) is 5.77. The summed E-state index contributed by atoms with van der Waals surface area (Å²) in [6, 6.07) is 0. The van der Waals surface area contributed by atoms with Gasteiger partial charge in [-0.15, -0.1) is 0 Å². The Hall–Kier alpha value is -0.720. The summed E-state index contributed by atoms with van der Waals surface area (Å²) < 4.78 is 0. The summed E-state index contributed by atoms with van der Waals surface area (Å²) in [5.74, 6) is 0. The first-order valence-corrected chi connectivity index (χ1v) is 3.36. The fourth-order valence-electron chi connectivity index (χ4n) is 1.02. The van der Waals surface area contributed by atoms with E-state index in [2.05, 4.69) is 18.1 Å². The topological polar surface area (TPSA) is 3.24 Å². The average molecular weight is 123 g/mol. The fourth-order valence-corrected chi connectivity index (χ4v) is 1.02. The van der Waals surface area contributed by atoms with E-state index < -0.39 is 0 Å². The highest BCUT2D eigenvalue weighted by Gasteiger charge is 2.06. The van der Waals surface area contributed by atoms with Crippen molar-refractivity contribution in [3.8, 4) is 0 Å². The predicted octanol–water partition coefficient (Wildman–Crippen LogP) is 1.78. The van der Waals surface area contributed by atoms with Gasteiger partial charge in [0, 0.05) is 13.1 Å². The smallest absolute Gasteiger partial charge is 0.0209 e. The van der Waals surface area contributed by atoms with Crippen LogP contribution in [0.5, 0.6) is 0 Å². The van der Waals surface area contributed by atoms with Crippen LogP contribution in [-0.4, -0.2) is 18.0 Å². The largest absolute Gasteiger partial charge is 0.377 e. The van der Waals surface area contributed by atoms with Gasteiger partial charge in [-0.1, -0.05) is 18.7 Å². The zero-order chi connectivity index (χ0) is 6.69. The molecule has 1 heterocycles. The van der Waals surface area contributed by atoms with Gasteiger partial charge < -0.3 is 4.90 Å². The normalized spacial score (nSPS) is 20.0. The van der Waals surface area contributed by atoms with Gasteiger partial charge in [0.25, 0.3) is 0 Å². The molecular weight excluding hydrogens is 110 g/mol. The second kappa shape index (κ2) is 2.72. The molecule has 0 radical (unpaired) electrons. The van der Waals surface area contributed by atoms with Crippen molar-refractivity contribution in [2.75, 3.05) is 13.1 Å². The molecule has 9 heavy (non-hydrogen) atoms. The summed E-state index contributed by atoms with van der Waals surface area (Å²) >= 11 is 0. The van der Waals surface area contributed by atoms with E-state index in [0.29, 0.717) is 0 Å². The second-order valence-electron chi connectivity index (χ2n) is 2.47. The van der Waals surface area contributed by atoms with E-state index in [-0.39, 0.29) is 0 Å². The number of hydrogen-bond donors (Lipinski definition) is 0. The van der Waals surface area contributed by atoms with Crippen LogP contribution in [0.1, 0.15) is 12.8 Å². The number of piperidine rings is 1. The molecule has 0 aliphatic carbocycles. The van der Waals surface area contributed by atoms with Crippen LogP contribution >= 0.6 is 0 Å². The molecule has 1 rings (SSSR count). The lowest BCUT2D eigenvalue weighted by Crippen LogP contribution is -2.24. The quantitative estimate of drug-likeness (QED) is 0.480. The van der Waals surface area contributed by atoms with Crippen LogP contribution in [0.2, 0.25) is 0 Å². The SMILES string of the molecule is C=CN1CCC(=C)CC1. The first kappa shape index (κ1) is 6.40. The van der Waals surface area contributed by atoms with E-state index in [9.17, 15) is 0 Å². The lowest BCUT2D eigenvalue weighted by molar-refractivity contribution is 0.351. The summed E-state index contributed by atoms with van der Waals surface area (Å²) in [7, 11) is 0. The maximum atomic E-state index is 3.92. The van der Waals surface area contributed by atoms with Gasteiger partial charge in [-0.05, 0) is 19.0 Å². The Morgan fingerprint density at radius 2 is 1.89 bits per heavy atom. The molecule has 0 aromatic carbocycles. The molecule has 0 aromatic rings. The molecule has 1 fully saturated rings. The number of likely N-dealkylation sites (tertiary alicyclic amines) is 1. The third kappa shape index (κ3) is 1.60. The first-order valence-electron chi connectivity index (χ1n) is 3.36. The van der Waals surface area contributed by atoms with Gasteiger partial charge in [0.2, 0.25) is 0 Å². The Labute approximate surface area is 56.7 Å². The van der Waals surface area contributed by atoms with Gasteiger partial charge in [0.15, 0.2) is 0 Å². The maximum Gasteiger partial charge on any atom is 0.0209 e. The molecule has 1 aliphatic rings. The minimum absolute atomic E-state index is 1.11. The van der Waals surface area contributed by atoms with Crippen molar-refractivity contribution in [1.82, 2.24) is 4.90 Å². The molecule has 0 bridgehead atoms. The summed E-state index contributed by atoms with van der Waals surface area (Å²) in [5.41, 5.74) is 1.38. The standard InChI is InChI=1S/C8H13N/c1-3-9-6-4-8(2)5-7-9/h3H,1-2,4-7H2. The van der Waals surface area contributed by atoms with Gasteiger partial charge >= 0.3 is 0 Å².